The summed E-state index contributed by atoms with van der Waals surface area (Å²) in [7, 11) is 0. The van der Waals surface area contributed by atoms with E-state index in [1.54, 1.807) is 11.8 Å². The van der Waals surface area contributed by atoms with Crippen LogP contribution in [0.15, 0.2) is 42.5 Å². The first kappa shape index (κ1) is 18.0. The Bertz CT molecular complexity index is 971. The number of hydrogen-bond donors (Lipinski definition) is 1. The van der Waals surface area contributed by atoms with Gasteiger partial charge in [0.15, 0.2) is 6.10 Å². The van der Waals surface area contributed by atoms with E-state index in [9.17, 15) is 14.4 Å². The fourth-order valence-electron chi connectivity index (χ4n) is 3.65. The van der Waals surface area contributed by atoms with Crippen LogP contribution in [0.5, 0.6) is 5.75 Å². The zero-order valence-electron chi connectivity index (χ0n) is 15.4. The van der Waals surface area contributed by atoms with Gasteiger partial charge >= 0.3 is 5.97 Å². The van der Waals surface area contributed by atoms with Gasteiger partial charge < -0.3 is 14.7 Å². The average Bonchev–Trinajstić information content (AvgIpc) is 2.70. The lowest BCUT2D eigenvalue weighted by Crippen LogP contribution is -2.50. The van der Waals surface area contributed by atoms with Gasteiger partial charge in [-0.25, -0.2) is 4.79 Å². The molecule has 0 spiro atoms. The first-order valence-electron chi connectivity index (χ1n) is 9.14. The minimum atomic E-state index is -1.08. The van der Waals surface area contributed by atoms with Crippen molar-refractivity contribution in [3.05, 3.63) is 59.2 Å². The van der Waals surface area contributed by atoms with Gasteiger partial charge in [0.25, 0.3) is 5.91 Å². The van der Waals surface area contributed by atoms with Crippen LogP contribution in [0.1, 0.15) is 28.4 Å². The second kappa shape index (κ2) is 6.99. The Hall–Kier alpha value is -3.35. The largest absolute Gasteiger partial charge is 0.479 e. The van der Waals surface area contributed by atoms with E-state index in [0.717, 1.165) is 12.0 Å². The minimum Gasteiger partial charge on any atom is -0.479 e. The number of benzene rings is 2. The lowest BCUT2D eigenvalue weighted by atomic mass is 10.00. The van der Waals surface area contributed by atoms with Crippen LogP contribution in [0.3, 0.4) is 0 Å². The molecule has 0 bridgehead atoms. The highest BCUT2D eigenvalue weighted by Crippen LogP contribution is 2.35. The molecule has 4 rings (SSSR count). The highest BCUT2D eigenvalue weighted by Gasteiger charge is 2.34. The van der Waals surface area contributed by atoms with Crippen LogP contribution < -0.4 is 9.64 Å². The van der Waals surface area contributed by atoms with Crippen LogP contribution in [-0.4, -0.2) is 47.0 Å². The maximum absolute atomic E-state index is 12.9. The molecule has 1 atom stereocenters. The van der Waals surface area contributed by atoms with E-state index < -0.39 is 12.1 Å². The van der Waals surface area contributed by atoms with Crippen LogP contribution in [0.4, 0.5) is 5.69 Å². The molecule has 7 nitrogen and oxygen atoms in total. The number of carboxylic acids is 1. The third kappa shape index (κ3) is 3.19. The van der Waals surface area contributed by atoms with Gasteiger partial charge in [0.2, 0.25) is 5.91 Å². The Morgan fingerprint density at radius 1 is 1.18 bits per heavy atom. The molecule has 0 radical (unpaired) electrons. The highest BCUT2D eigenvalue weighted by molar-refractivity contribution is 6.04. The van der Waals surface area contributed by atoms with Crippen molar-refractivity contribution in [2.75, 3.05) is 18.0 Å². The van der Waals surface area contributed by atoms with E-state index in [2.05, 4.69) is 6.07 Å². The number of fused-ring (bicyclic) bond motifs is 2. The molecule has 2 amide bonds. The molecule has 28 heavy (non-hydrogen) atoms. The van der Waals surface area contributed by atoms with Crippen LogP contribution in [-0.2, 0) is 22.6 Å². The zero-order chi connectivity index (χ0) is 19.8. The molecule has 0 aliphatic carbocycles. The fourth-order valence-corrected chi connectivity index (χ4v) is 3.65. The normalized spacial score (nSPS) is 18.2. The summed E-state index contributed by atoms with van der Waals surface area (Å²) >= 11 is 0. The topological polar surface area (TPSA) is 87.2 Å². The van der Waals surface area contributed by atoms with Crippen LogP contribution in [0.25, 0.3) is 0 Å². The van der Waals surface area contributed by atoms with Gasteiger partial charge in [-0.15, -0.1) is 0 Å². The van der Waals surface area contributed by atoms with Crippen LogP contribution in [0, 0.1) is 0 Å². The molecule has 2 heterocycles. The first-order chi connectivity index (χ1) is 13.4. The van der Waals surface area contributed by atoms with Gasteiger partial charge in [0, 0.05) is 13.1 Å². The van der Waals surface area contributed by atoms with E-state index in [-0.39, 0.29) is 23.9 Å². The fraction of sp³-hybridized carbons (Fsp3) is 0.286. The predicted molar refractivity (Wildman–Crippen MR) is 101 cm³/mol. The van der Waals surface area contributed by atoms with E-state index in [1.165, 1.54) is 28.7 Å². The van der Waals surface area contributed by atoms with Gasteiger partial charge in [-0.1, -0.05) is 24.3 Å². The van der Waals surface area contributed by atoms with Crippen molar-refractivity contribution in [2.45, 2.75) is 26.0 Å². The summed E-state index contributed by atoms with van der Waals surface area (Å²) in [6, 6.07) is 12.3. The molecule has 144 valence electrons. The molecule has 1 unspecified atom stereocenters. The lowest BCUT2D eigenvalue weighted by Gasteiger charge is -2.35. The summed E-state index contributed by atoms with van der Waals surface area (Å²) in [6.45, 7) is 2.62. The molecular formula is C21H20N2O5. The number of carbonyl (C=O) groups excluding carboxylic acids is 2. The lowest BCUT2D eigenvalue weighted by molar-refractivity contribution is -0.133. The summed E-state index contributed by atoms with van der Waals surface area (Å²) in [5, 5.41) is 9.17. The number of carboxylic acid groups (broad SMARTS) is 1. The summed E-state index contributed by atoms with van der Waals surface area (Å²) in [6.07, 6.45) is -0.0000690. The predicted octanol–water partition coefficient (Wildman–Crippen LogP) is 2.08. The van der Waals surface area contributed by atoms with E-state index in [1.807, 2.05) is 18.2 Å². The molecule has 0 aromatic heterocycles. The van der Waals surface area contributed by atoms with Crippen molar-refractivity contribution < 1.29 is 24.2 Å². The molecule has 0 saturated carbocycles. The van der Waals surface area contributed by atoms with Crippen molar-refractivity contribution in [3.8, 4) is 5.75 Å². The van der Waals surface area contributed by atoms with Crippen molar-refractivity contribution >= 4 is 23.5 Å². The zero-order valence-corrected chi connectivity index (χ0v) is 15.4. The monoisotopic (exact) mass is 380 g/mol. The molecule has 7 heteroatoms. The van der Waals surface area contributed by atoms with Gasteiger partial charge in [-0.3, -0.25) is 14.5 Å². The minimum absolute atomic E-state index is 0.0687. The highest BCUT2D eigenvalue weighted by atomic mass is 16.5. The van der Waals surface area contributed by atoms with Gasteiger partial charge in [0.1, 0.15) is 12.3 Å². The number of nitrogens with zero attached hydrogens (tertiary/aromatic N) is 2. The Morgan fingerprint density at radius 2 is 1.93 bits per heavy atom. The molecule has 0 fully saturated rings. The Balaban J connectivity index is 1.57. The Labute approximate surface area is 162 Å². The smallest absolute Gasteiger partial charge is 0.335 e. The third-order valence-electron chi connectivity index (χ3n) is 5.19. The summed E-state index contributed by atoms with van der Waals surface area (Å²) in [4.78, 5) is 39.9. The number of anilines is 1. The summed E-state index contributed by atoms with van der Waals surface area (Å²) < 4.78 is 5.56. The van der Waals surface area contributed by atoms with Gasteiger partial charge in [0.05, 0.1) is 11.3 Å². The third-order valence-corrected chi connectivity index (χ3v) is 5.19. The molecule has 1 N–H and O–H groups in total. The number of carbonyl (C=O) groups is 3. The first-order valence-corrected chi connectivity index (χ1v) is 9.14. The second-order valence-corrected chi connectivity index (χ2v) is 7.01. The Kier molecular flexibility index (Phi) is 4.50. The van der Waals surface area contributed by atoms with Crippen molar-refractivity contribution in [2.24, 2.45) is 0 Å². The van der Waals surface area contributed by atoms with Crippen LogP contribution in [0.2, 0.25) is 0 Å². The van der Waals surface area contributed by atoms with Crippen molar-refractivity contribution in [1.29, 1.82) is 0 Å². The standard InChI is InChI=1S/C21H20N2O5/c1-13-20(25)23(17-7-6-15(21(26)27)10-18(17)28-13)12-19(24)22-9-8-14-4-2-3-5-16(14)11-22/h2-7,10,13H,8-9,11-12H2,1H3,(H,26,27). The summed E-state index contributed by atoms with van der Waals surface area (Å²) in [5.74, 6) is -1.25. The number of hydrogen-bond acceptors (Lipinski definition) is 4. The summed E-state index contributed by atoms with van der Waals surface area (Å²) in [5.41, 5.74) is 2.85. The molecule has 0 saturated heterocycles. The molecule has 2 aliphatic rings. The molecule has 2 aliphatic heterocycles. The van der Waals surface area contributed by atoms with Gasteiger partial charge in [-0.05, 0) is 42.7 Å². The van der Waals surface area contributed by atoms with Crippen molar-refractivity contribution in [1.82, 2.24) is 4.90 Å². The van der Waals surface area contributed by atoms with Crippen molar-refractivity contribution in [3.63, 3.8) is 0 Å². The quantitative estimate of drug-likeness (QED) is 0.881. The Morgan fingerprint density at radius 3 is 2.68 bits per heavy atom. The maximum atomic E-state index is 12.9. The maximum Gasteiger partial charge on any atom is 0.335 e. The molecular weight excluding hydrogens is 360 g/mol. The molecule has 2 aromatic rings. The number of ether oxygens (including phenoxy) is 1. The van der Waals surface area contributed by atoms with Gasteiger partial charge in [-0.2, -0.15) is 0 Å². The SMILES string of the molecule is CC1Oc2cc(C(=O)O)ccc2N(CC(=O)N2CCc3ccccc3C2)C1=O. The number of rotatable bonds is 3. The van der Waals surface area contributed by atoms with E-state index in [4.69, 9.17) is 9.84 Å². The number of aromatic carboxylic acids is 1. The number of amides is 2. The van der Waals surface area contributed by atoms with Crippen LogP contribution >= 0.6 is 0 Å². The molecule has 2 aromatic carbocycles. The van der Waals surface area contributed by atoms with E-state index >= 15 is 0 Å². The second-order valence-electron chi connectivity index (χ2n) is 7.01. The average molecular weight is 380 g/mol. The van der Waals surface area contributed by atoms with E-state index in [0.29, 0.717) is 24.5 Å².